The van der Waals surface area contributed by atoms with E-state index in [0.29, 0.717) is 0 Å². The highest BCUT2D eigenvalue weighted by molar-refractivity contribution is 9.10. The van der Waals surface area contributed by atoms with Gasteiger partial charge in [-0.05, 0) is 56.5 Å². The molecule has 1 heterocycles. The van der Waals surface area contributed by atoms with Crippen LogP contribution in [0, 0.1) is 0 Å². The predicted octanol–water partition coefficient (Wildman–Crippen LogP) is 3.80. The second-order valence-electron chi connectivity index (χ2n) is 5.43. The lowest BCUT2D eigenvalue weighted by Gasteiger charge is -2.21. The van der Waals surface area contributed by atoms with E-state index in [1.807, 2.05) is 24.3 Å². The van der Waals surface area contributed by atoms with E-state index in [9.17, 15) is 0 Å². The number of anilines is 1. The molecule has 3 nitrogen and oxygen atoms in total. The van der Waals surface area contributed by atoms with E-state index in [-0.39, 0.29) is 5.54 Å². The Kier molecular flexibility index (Phi) is 4.53. The molecule has 1 aliphatic rings. The molecule has 0 radical (unpaired) electrons. The quantitative estimate of drug-likeness (QED) is 0.737. The van der Waals surface area contributed by atoms with E-state index in [1.54, 1.807) is 0 Å². The lowest BCUT2D eigenvalue weighted by Crippen LogP contribution is -2.34. The van der Waals surface area contributed by atoms with E-state index >= 15 is 0 Å². The molecule has 0 saturated carbocycles. The number of hydrogen-bond donors (Lipinski definition) is 3. The van der Waals surface area contributed by atoms with Crippen LogP contribution in [0.4, 0.5) is 5.69 Å². The van der Waals surface area contributed by atoms with Gasteiger partial charge in [0.2, 0.25) is 0 Å². The molecule has 0 aliphatic carbocycles. The summed E-state index contributed by atoms with van der Waals surface area (Å²) >= 11 is 3.43. The number of hydrogen-bond acceptors (Lipinski definition) is 3. The van der Waals surface area contributed by atoms with E-state index in [2.05, 4.69) is 52.9 Å². The third-order valence-electron chi connectivity index (χ3n) is 3.88. The van der Waals surface area contributed by atoms with Gasteiger partial charge in [0.05, 0.1) is 5.69 Å². The van der Waals surface area contributed by atoms with Crippen LogP contribution >= 0.6 is 15.9 Å². The fraction of sp³-hybridized carbons (Fsp3) is 0.467. The minimum absolute atomic E-state index is 0.260. The zero-order valence-electron chi connectivity index (χ0n) is 11.8. The van der Waals surface area contributed by atoms with Crippen LogP contribution in [-0.4, -0.2) is 12.1 Å². The minimum atomic E-state index is 0.260. The Hall–Kier alpha value is -1.00. The fourth-order valence-corrected chi connectivity index (χ4v) is 2.48. The number of rotatable bonds is 4. The summed E-state index contributed by atoms with van der Waals surface area (Å²) < 4.78 is 1.09. The first-order chi connectivity index (χ1) is 9.02. The molecule has 4 heteroatoms. The number of hydrazine groups is 1. The molecule has 1 unspecified atom stereocenters. The lowest BCUT2D eigenvalue weighted by molar-refractivity contribution is 0.405. The molecule has 0 amide bonds. The van der Waals surface area contributed by atoms with Crippen LogP contribution < -0.4 is 16.2 Å². The van der Waals surface area contributed by atoms with Crippen molar-refractivity contribution in [1.82, 2.24) is 10.7 Å². The maximum atomic E-state index is 3.59. The summed E-state index contributed by atoms with van der Waals surface area (Å²) in [6, 6.07) is 8.13. The van der Waals surface area contributed by atoms with Crippen molar-refractivity contribution in [3.8, 4) is 0 Å². The molecule has 104 valence electrons. The molecule has 1 aromatic rings. The topological polar surface area (TPSA) is 36.1 Å². The van der Waals surface area contributed by atoms with E-state index in [0.717, 1.165) is 29.5 Å². The summed E-state index contributed by atoms with van der Waals surface area (Å²) in [4.78, 5) is 0. The van der Waals surface area contributed by atoms with Gasteiger partial charge in [-0.25, -0.2) is 0 Å². The van der Waals surface area contributed by atoms with Crippen LogP contribution in [0.15, 0.2) is 40.0 Å². The molecule has 1 atom stereocenters. The van der Waals surface area contributed by atoms with Crippen molar-refractivity contribution >= 4 is 21.6 Å². The second-order valence-corrected chi connectivity index (χ2v) is 6.35. The van der Waals surface area contributed by atoms with Crippen LogP contribution in [0.5, 0.6) is 0 Å². The summed E-state index contributed by atoms with van der Waals surface area (Å²) in [5.74, 6) is 0. The maximum Gasteiger partial charge on any atom is 0.0540 e. The number of nitrogens with one attached hydrogen (secondary N) is 3. The van der Waals surface area contributed by atoms with Crippen LogP contribution in [0.2, 0.25) is 0 Å². The van der Waals surface area contributed by atoms with E-state index in [1.165, 1.54) is 11.3 Å². The molecule has 1 aliphatic heterocycles. The van der Waals surface area contributed by atoms with Crippen molar-refractivity contribution in [1.29, 1.82) is 0 Å². The van der Waals surface area contributed by atoms with E-state index in [4.69, 9.17) is 0 Å². The first kappa shape index (κ1) is 14.4. The minimum Gasteiger partial charge on any atom is -0.307 e. The van der Waals surface area contributed by atoms with Crippen LogP contribution in [-0.2, 0) is 0 Å². The molecular weight excluding hydrogens is 302 g/mol. The largest absolute Gasteiger partial charge is 0.307 e. The average Bonchev–Trinajstić information content (AvgIpc) is 2.81. The highest BCUT2D eigenvalue weighted by Gasteiger charge is 2.29. The molecule has 0 aromatic heterocycles. The van der Waals surface area contributed by atoms with Crippen LogP contribution in [0.25, 0.3) is 0 Å². The van der Waals surface area contributed by atoms with Crippen LogP contribution in [0.1, 0.15) is 33.6 Å². The summed E-state index contributed by atoms with van der Waals surface area (Å²) in [7, 11) is 0. The van der Waals surface area contributed by atoms with Gasteiger partial charge in [0.1, 0.15) is 0 Å². The van der Waals surface area contributed by atoms with Gasteiger partial charge < -0.3 is 16.2 Å². The van der Waals surface area contributed by atoms with Crippen molar-refractivity contribution in [3.63, 3.8) is 0 Å². The zero-order chi connectivity index (χ0) is 13.9. The van der Waals surface area contributed by atoms with Crippen molar-refractivity contribution in [2.45, 2.75) is 39.2 Å². The number of allylic oxidation sites excluding steroid dienone is 1. The summed E-state index contributed by atoms with van der Waals surface area (Å²) in [5.41, 5.74) is 10.5. The van der Waals surface area contributed by atoms with Crippen LogP contribution in [0.3, 0.4) is 0 Å². The third-order valence-corrected chi connectivity index (χ3v) is 4.41. The van der Waals surface area contributed by atoms with Gasteiger partial charge >= 0.3 is 0 Å². The molecule has 1 aromatic carbocycles. The standard InChI is InChI=1S/C15H22BrN3/c1-4-15(3)9-12(10-17-15)11(2)18-19-14-7-5-13(16)6-8-14/h5-8,17-19H,4,9-10H2,1-3H3. The van der Waals surface area contributed by atoms with E-state index < -0.39 is 0 Å². The number of benzene rings is 1. The van der Waals surface area contributed by atoms with Gasteiger partial charge in [0, 0.05) is 22.3 Å². The van der Waals surface area contributed by atoms with Gasteiger partial charge in [0.25, 0.3) is 0 Å². The summed E-state index contributed by atoms with van der Waals surface area (Å²) in [5, 5.41) is 3.59. The molecule has 0 bridgehead atoms. The number of halogens is 1. The average molecular weight is 324 g/mol. The van der Waals surface area contributed by atoms with Crippen molar-refractivity contribution in [2.24, 2.45) is 0 Å². The van der Waals surface area contributed by atoms with Gasteiger partial charge in [0.15, 0.2) is 0 Å². The summed E-state index contributed by atoms with van der Waals surface area (Å²) in [6.07, 6.45) is 2.27. The smallest absolute Gasteiger partial charge is 0.0540 e. The molecule has 3 N–H and O–H groups in total. The monoisotopic (exact) mass is 323 g/mol. The predicted molar refractivity (Wildman–Crippen MR) is 84.9 cm³/mol. The molecule has 0 spiro atoms. The molecule has 1 fully saturated rings. The Morgan fingerprint density at radius 1 is 1.37 bits per heavy atom. The van der Waals surface area contributed by atoms with Crippen molar-refractivity contribution in [3.05, 3.63) is 40.0 Å². The normalized spacial score (nSPS) is 25.3. The van der Waals surface area contributed by atoms with Crippen molar-refractivity contribution < 1.29 is 0 Å². The zero-order valence-corrected chi connectivity index (χ0v) is 13.4. The SMILES string of the molecule is CCC1(C)CC(=C(C)NNc2ccc(Br)cc2)CN1. The van der Waals surface area contributed by atoms with Gasteiger partial charge in [-0.2, -0.15) is 0 Å². The third kappa shape index (κ3) is 3.74. The summed E-state index contributed by atoms with van der Waals surface area (Å²) in [6.45, 7) is 7.63. The molecule has 1 saturated heterocycles. The molecular formula is C15H22BrN3. The van der Waals surface area contributed by atoms with Gasteiger partial charge in [-0.3, -0.25) is 0 Å². The molecule has 2 rings (SSSR count). The maximum absolute atomic E-state index is 3.59. The first-order valence-electron chi connectivity index (χ1n) is 6.74. The first-order valence-corrected chi connectivity index (χ1v) is 7.53. The highest BCUT2D eigenvalue weighted by Crippen LogP contribution is 2.27. The lowest BCUT2D eigenvalue weighted by atomic mass is 9.95. The Balaban J connectivity index is 1.94. The Morgan fingerprint density at radius 3 is 2.63 bits per heavy atom. The Bertz CT molecular complexity index is 467. The van der Waals surface area contributed by atoms with Gasteiger partial charge in [-0.15, -0.1) is 0 Å². The van der Waals surface area contributed by atoms with Crippen molar-refractivity contribution in [2.75, 3.05) is 12.0 Å². The molecule has 19 heavy (non-hydrogen) atoms. The second kappa shape index (κ2) is 5.97. The Labute approximate surface area is 124 Å². The Morgan fingerprint density at radius 2 is 2.05 bits per heavy atom. The van der Waals surface area contributed by atoms with Gasteiger partial charge in [-0.1, -0.05) is 22.9 Å². The highest BCUT2D eigenvalue weighted by atomic mass is 79.9. The fourth-order valence-electron chi connectivity index (χ4n) is 2.22.